The SMILES string of the molecule is COc1ccc(S(=O)(=O)N(c2ccccc2)C2CCN(C(=O)OC[C@H](C)N(Cc3ccccc3)Cc3ccccc3)CC2)cc1.S. The third-order valence-corrected chi connectivity index (χ3v) is 10.1. The average Bonchev–Trinajstić information content (AvgIpc) is 3.08. The minimum absolute atomic E-state index is 0. The normalized spacial score (nSPS) is 14.3. The van der Waals surface area contributed by atoms with Crippen LogP contribution in [-0.2, 0) is 27.8 Å². The van der Waals surface area contributed by atoms with Crippen molar-refractivity contribution < 1.29 is 22.7 Å². The van der Waals surface area contributed by atoms with Gasteiger partial charge in [0.05, 0.1) is 17.7 Å². The Morgan fingerprint density at radius 2 is 1.30 bits per heavy atom. The molecule has 0 bridgehead atoms. The second-order valence-electron chi connectivity index (χ2n) is 11.3. The predicted molar refractivity (Wildman–Crippen MR) is 187 cm³/mol. The highest BCUT2D eigenvalue weighted by Crippen LogP contribution is 2.31. The van der Waals surface area contributed by atoms with Crippen molar-refractivity contribution in [3.8, 4) is 5.75 Å². The molecular weight excluding hydrogens is 619 g/mol. The number of carbonyl (C=O) groups excluding carboxylic acids is 1. The maximum atomic E-state index is 13.9. The summed E-state index contributed by atoms with van der Waals surface area (Å²) in [4.78, 5) is 17.4. The van der Waals surface area contributed by atoms with Gasteiger partial charge in [-0.2, -0.15) is 13.5 Å². The lowest BCUT2D eigenvalue weighted by molar-refractivity contribution is 0.0592. The van der Waals surface area contributed by atoms with E-state index in [2.05, 4.69) is 36.1 Å². The topological polar surface area (TPSA) is 79.4 Å². The molecule has 0 unspecified atom stereocenters. The Hall–Kier alpha value is -3.99. The molecule has 1 heterocycles. The molecule has 1 fully saturated rings. The van der Waals surface area contributed by atoms with Crippen molar-refractivity contribution in [1.82, 2.24) is 9.80 Å². The van der Waals surface area contributed by atoms with E-state index in [9.17, 15) is 13.2 Å². The third-order valence-electron chi connectivity index (χ3n) is 8.21. The van der Waals surface area contributed by atoms with Crippen LogP contribution in [0.5, 0.6) is 5.75 Å². The van der Waals surface area contributed by atoms with E-state index in [0.29, 0.717) is 37.4 Å². The van der Waals surface area contributed by atoms with Crippen molar-refractivity contribution >= 4 is 35.3 Å². The van der Waals surface area contributed by atoms with Crippen molar-refractivity contribution in [2.24, 2.45) is 0 Å². The zero-order valence-corrected chi connectivity index (χ0v) is 28.2. The first kappa shape index (κ1) is 34.9. The summed E-state index contributed by atoms with van der Waals surface area (Å²) in [6.07, 6.45) is 0.607. The van der Waals surface area contributed by atoms with Gasteiger partial charge in [0.1, 0.15) is 12.4 Å². The lowest BCUT2D eigenvalue weighted by atomic mass is 10.0. The molecule has 0 N–H and O–H groups in total. The molecule has 1 aliphatic rings. The Morgan fingerprint density at radius 1 is 0.804 bits per heavy atom. The molecule has 4 aromatic rings. The number of likely N-dealkylation sites (tertiary alicyclic amines) is 1. The minimum Gasteiger partial charge on any atom is -0.497 e. The van der Waals surface area contributed by atoms with Gasteiger partial charge in [-0.15, -0.1) is 0 Å². The largest absolute Gasteiger partial charge is 0.497 e. The molecule has 0 aliphatic carbocycles. The van der Waals surface area contributed by atoms with Crippen molar-refractivity contribution in [1.29, 1.82) is 0 Å². The highest BCUT2D eigenvalue weighted by atomic mass is 32.2. The molecular formula is C36H43N3O5S2. The highest BCUT2D eigenvalue weighted by Gasteiger charge is 2.35. The maximum absolute atomic E-state index is 13.9. The number of piperidine rings is 1. The summed E-state index contributed by atoms with van der Waals surface area (Å²) in [5, 5.41) is 0. The number of sulfonamides is 1. The summed E-state index contributed by atoms with van der Waals surface area (Å²) in [6.45, 7) is 4.59. The Morgan fingerprint density at radius 3 is 1.80 bits per heavy atom. The number of carbonyl (C=O) groups is 1. The summed E-state index contributed by atoms with van der Waals surface area (Å²) in [5.41, 5.74) is 2.99. The van der Waals surface area contributed by atoms with Crippen molar-refractivity contribution in [2.75, 3.05) is 31.1 Å². The van der Waals surface area contributed by atoms with Crippen LogP contribution < -0.4 is 9.04 Å². The van der Waals surface area contributed by atoms with Crippen molar-refractivity contribution in [3.63, 3.8) is 0 Å². The Kier molecular flexibility index (Phi) is 12.5. The fourth-order valence-electron chi connectivity index (χ4n) is 5.66. The van der Waals surface area contributed by atoms with Crippen LogP contribution in [-0.4, -0.2) is 63.2 Å². The van der Waals surface area contributed by atoms with Crippen LogP contribution in [0.1, 0.15) is 30.9 Å². The minimum atomic E-state index is -3.86. The van der Waals surface area contributed by atoms with Crippen LogP contribution in [0.2, 0.25) is 0 Å². The summed E-state index contributed by atoms with van der Waals surface area (Å²) < 4.78 is 40.4. The lowest BCUT2D eigenvalue weighted by Gasteiger charge is -2.38. The number of nitrogens with zero attached hydrogens (tertiary/aromatic N) is 3. The van der Waals surface area contributed by atoms with Crippen LogP contribution >= 0.6 is 13.5 Å². The van der Waals surface area contributed by atoms with Gasteiger partial charge in [0.2, 0.25) is 0 Å². The van der Waals surface area contributed by atoms with Gasteiger partial charge in [-0.25, -0.2) is 13.2 Å². The number of amides is 1. The van der Waals surface area contributed by atoms with Crippen LogP contribution in [0.3, 0.4) is 0 Å². The van der Waals surface area contributed by atoms with E-state index in [1.807, 2.05) is 54.6 Å². The first-order valence-corrected chi connectivity index (χ1v) is 16.8. The van der Waals surface area contributed by atoms with Crippen molar-refractivity contribution in [3.05, 3.63) is 126 Å². The Bertz CT molecular complexity index is 1560. The standard InChI is InChI=1S/C36H41N3O5S.H2S/c1-29(38(26-30-12-6-3-7-13-30)27-31-14-8-4-9-15-31)28-44-36(40)37-24-22-33(23-25-37)39(32-16-10-5-11-17-32)45(41,42)35-20-18-34(43-2)19-21-35;/h3-21,29,33H,22-28H2,1-2H3;1H2/t29-;/m0./s1. The fourth-order valence-corrected chi connectivity index (χ4v) is 7.37. The van der Waals surface area contributed by atoms with E-state index < -0.39 is 10.0 Å². The number of para-hydroxylation sites is 1. The fraction of sp³-hybridized carbons (Fsp3) is 0.306. The molecule has 0 radical (unpaired) electrons. The van der Waals surface area contributed by atoms with E-state index in [0.717, 1.165) is 13.1 Å². The van der Waals surface area contributed by atoms with Gasteiger partial charge in [0.15, 0.2) is 0 Å². The first-order chi connectivity index (χ1) is 21.8. The van der Waals surface area contributed by atoms with Gasteiger partial charge in [-0.3, -0.25) is 9.21 Å². The van der Waals surface area contributed by atoms with Gasteiger partial charge < -0.3 is 14.4 Å². The number of ether oxygens (including phenoxy) is 2. The van der Waals surface area contributed by atoms with E-state index in [1.165, 1.54) is 15.4 Å². The van der Waals surface area contributed by atoms with E-state index in [-0.39, 0.29) is 43.2 Å². The molecule has 5 rings (SSSR count). The molecule has 4 aromatic carbocycles. The summed E-state index contributed by atoms with van der Waals surface area (Å²) in [6, 6.07) is 35.8. The molecule has 8 nitrogen and oxygen atoms in total. The van der Waals surface area contributed by atoms with Crippen molar-refractivity contribution in [2.45, 2.75) is 49.8 Å². The van der Waals surface area contributed by atoms with Crippen LogP contribution in [0.15, 0.2) is 120 Å². The van der Waals surface area contributed by atoms with Gasteiger partial charge in [0, 0.05) is 38.3 Å². The Balaban J connectivity index is 0.00000480. The second kappa shape index (κ2) is 16.5. The van der Waals surface area contributed by atoms with Gasteiger partial charge in [0.25, 0.3) is 10.0 Å². The lowest BCUT2D eigenvalue weighted by Crippen LogP contribution is -2.49. The molecule has 244 valence electrons. The van der Waals surface area contributed by atoms with E-state index in [1.54, 1.807) is 48.4 Å². The molecule has 1 atom stereocenters. The second-order valence-corrected chi connectivity index (χ2v) is 13.1. The van der Waals surface area contributed by atoms with E-state index in [4.69, 9.17) is 9.47 Å². The molecule has 0 saturated carbocycles. The quantitative estimate of drug-likeness (QED) is 0.168. The van der Waals surface area contributed by atoms with Crippen LogP contribution in [0, 0.1) is 0 Å². The van der Waals surface area contributed by atoms with Crippen LogP contribution in [0.25, 0.3) is 0 Å². The van der Waals surface area contributed by atoms with Crippen LogP contribution in [0.4, 0.5) is 10.5 Å². The maximum Gasteiger partial charge on any atom is 0.409 e. The molecule has 46 heavy (non-hydrogen) atoms. The van der Waals surface area contributed by atoms with Gasteiger partial charge in [-0.05, 0) is 67.3 Å². The molecule has 10 heteroatoms. The number of hydrogen-bond donors (Lipinski definition) is 0. The number of benzene rings is 4. The molecule has 1 amide bonds. The third kappa shape index (κ3) is 8.84. The van der Waals surface area contributed by atoms with Gasteiger partial charge >= 0.3 is 6.09 Å². The van der Waals surface area contributed by atoms with E-state index >= 15 is 0 Å². The first-order valence-electron chi connectivity index (χ1n) is 15.3. The number of rotatable bonds is 12. The number of hydrogen-bond acceptors (Lipinski definition) is 6. The molecule has 1 saturated heterocycles. The smallest absolute Gasteiger partial charge is 0.409 e. The summed E-state index contributed by atoms with van der Waals surface area (Å²) >= 11 is 0. The monoisotopic (exact) mass is 661 g/mol. The zero-order chi connectivity index (χ0) is 31.6. The molecule has 0 aromatic heterocycles. The number of methoxy groups -OCH3 is 1. The number of anilines is 1. The Labute approximate surface area is 280 Å². The molecule has 0 spiro atoms. The summed E-state index contributed by atoms with van der Waals surface area (Å²) in [7, 11) is -2.32. The summed E-state index contributed by atoms with van der Waals surface area (Å²) in [5.74, 6) is 0.588. The molecule has 1 aliphatic heterocycles. The van der Waals surface area contributed by atoms with Gasteiger partial charge in [-0.1, -0.05) is 78.9 Å². The average molecular weight is 662 g/mol. The predicted octanol–water partition coefficient (Wildman–Crippen LogP) is 6.70. The highest BCUT2D eigenvalue weighted by molar-refractivity contribution is 7.92. The zero-order valence-electron chi connectivity index (χ0n) is 26.4.